The first kappa shape index (κ1) is 15.1. The Hall–Kier alpha value is -0.860. The average molecular weight is 286 g/mol. The number of hydrogen-bond donors (Lipinski definition) is 1. The lowest BCUT2D eigenvalue weighted by molar-refractivity contribution is 0.150. The van der Waals surface area contributed by atoms with Crippen molar-refractivity contribution in [3.63, 3.8) is 0 Å². The molecule has 2 aliphatic rings. The monoisotopic (exact) mass is 286 g/mol. The van der Waals surface area contributed by atoms with Gasteiger partial charge in [0.05, 0.1) is 0 Å². The largest absolute Gasteiger partial charge is 0.313 e. The first-order valence-corrected chi connectivity index (χ1v) is 8.71. The molecule has 0 bridgehead atoms. The fourth-order valence-electron chi connectivity index (χ4n) is 3.41. The van der Waals surface area contributed by atoms with Crippen LogP contribution in [0.1, 0.15) is 50.7 Å². The topological polar surface area (TPSA) is 15.3 Å². The van der Waals surface area contributed by atoms with Crippen molar-refractivity contribution in [3.8, 4) is 0 Å². The van der Waals surface area contributed by atoms with E-state index in [4.69, 9.17) is 0 Å². The molecule has 2 heteroatoms. The molecule has 1 atom stereocenters. The summed E-state index contributed by atoms with van der Waals surface area (Å²) in [5.41, 5.74) is 3.51. The van der Waals surface area contributed by atoms with E-state index in [0.29, 0.717) is 5.41 Å². The Morgan fingerprint density at radius 3 is 2.71 bits per heavy atom. The highest BCUT2D eigenvalue weighted by molar-refractivity contribution is 5.28. The van der Waals surface area contributed by atoms with Gasteiger partial charge in [-0.25, -0.2) is 0 Å². The molecule has 0 spiro atoms. The van der Waals surface area contributed by atoms with Crippen molar-refractivity contribution in [2.24, 2.45) is 5.41 Å². The van der Waals surface area contributed by atoms with E-state index in [0.717, 1.165) is 12.6 Å². The van der Waals surface area contributed by atoms with Crippen LogP contribution in [-0.4, -0.2) is 30.6 Å². The minimum Gasteiger partial charge on any atom is -0.313 e. The number of hydrogen-bond acceptors (Lipinski definition) is 2. The van der Waals surface area contributed by atoms with Crippen LogP contribution in [0.15, 0.2) is 24.3 Å². The molecule has 0 saturated heterocycles. The summed E-state index contributed by atoms with van der Waals surface area (Å²) >= 11 is 0. The Balaban J connectivity index is 1.62. The first-order valence-electron chi connectivity index (χ1n) is 8.71. The maximum Gasteiger partial charge on any atom is 0.0236 e. The van der Waals surface area contributed by atoms with Crippen LogP contribution in [0.2, 0.25) is 0 Å². The van der Waals surface area contributed by atoms with Gasteiger partial charge in [0.2, 0.25) is 0 Å². The average Bonchev–Trinajstić information content (AvgIpc) is 3.32. The van der Waals surface area contributed by atoms with E-state index in [-0.39, 0.29) is 0 Å². The SMILES string of the molecule is CCC(C)(CNC1CC1)CN1CCCc2ccccc2C1. The summed E-state index contributed by atoms with van der Waals surface area (Å²) in [6.45, 7) is 9.58. The highest BCUT2D eigenvalue weighted by Gasteiger charge is 2.29. The predicted octanol–water partition coefficient (Wildman–Crippen LogP) is 3.60. The van der Waals surface area contributed by atoms with Crippen molar-refractivity contribution in [2.75, 3.05) is 19.6 Å². The summed E-state index contributed by atoms with van der Waals surface area (Å²) in [6.07, 6.45) is 6.57. The molecule has 1 saturated carbocycles. The molecular weight excluding hydrogens is 256 g/mol. The molecule has 1 aliphatic carbocycles. The zero-order valence-electron chi connectivity index (χ0n) is 13.7. The smallest absolute Gasteiger partial charge is 0.0236 e. The normalized spacial score (nSPS) is 22.4. The Bertz CT molecular complexity index is 466. The Labute approximate surface area is 129 Å². The van der Waals surface area contributed by atoms with Gasteiger partial charge < -0.3 is 5.32 Å². The van der Waals surface area contributed by atoms with Crippen molar-refractivity contribution < 1.29 is 0 Å². The molecule has 0 radical (unpaired) electrons. The van der Waals surface area contributed by atoms with E-state index >= 15 is 0 Å². The molecule has 1 unspecified atom stereocenters. The third-order valence-electron chi connectivity index (χ3n) is 5.29. The third kappa shape index (κ3) is 4.08. The zero-order chi connectivity index (χ0) is 14.7. The standard InChI is InChI=1S/C19H30N2/c1-3-19(2,14-20-18-10-11-18)15-21-12-6-9-16-7-4-5-8-17(16)13-21/h4-5,7-8,18,20H,3,6,9-15H2,1-2H3. The van der Waals surface area contributed by atoms with Gasteiger partial charge in [-0.3, -0.25) is 4.90 Å². The molecule has 3 rings (SSSR count). The van der Waals surface area contributed by atoms with Crippen LogP contribution in [0.5, 0.6) is 0 Å². The number of rotatable bonds is 6. The molecule has 1 heterocycles. The van der Waals surface area contributed by atoms with Gasteiger partial charge in [-0.1, -0.05) is 38.1 Å². The molecule has 0 aromatic heterocycles. The first-order chi connectivity index (χ1) is 10.2. The molecule has 21 heavy (non-hydrogen) atoms. The lowest BCUT2D eigenvalue weighted by Gasteiger charge is -2.35. The molecule has 1 aromatic carbocycles. The maximum atomic E-state index is 3.75. The second-order valence-corrected chi connectivity index (χ2v) is 7.40. The van der Waals surface area contributed by atoms with Gasteiger partial charge in [-0.05, 0) is 55.2 Å². The van der Waals surface area contributed by atoms with Gasteiger partial charge in [0.1, 0.15) is 0 Å². The summed E-state index contributed by atoms with van der Waals surface area (Å²) in [4.78, 5) is 2.68. The molecule has 1 fully saturated rings. The minimum atomic E-state index is 0.405. The highest BCUT2D eigenvalue weighted by atomic mass is 15.1. The van der Waals surface area contributed by atoms with Crippen LogP contribution in [0.3, 0.4) is 0 Å². The summed E-state index contributed by atoms with van der Waals surface area (Å²) in [5.74, 6) is 0. The van der Waals surface area contributed by atoms with Crippen LogP contribution in [0.4, 0.5) is 0 Å². The van der Waals surface area contributed by atoms with E-state index in [2.05, 4.69) is 48.3 Å². The van der Waals surface area contributed by atoms with E-state index < -0.39 is 0 Å². The second-order valence-electron chi connectivity index (χ2n) is 7.40. The van der Waals surface area contributed by atoms with E-state index in [1.165, 1.54) is 51.7 Å². The third-order valence-corrected chi connectivity index (χ3v) is 5.29. The summed E-state index contributed by atoms with van der Waals surface area (Å²) in [6, 6.07) is 9.83. The molecular formula is C19H30N2. The van der Waals surface area contributed by atoms with Crippen molar-refractivity contribution in [1.82, 2.24) is 10.2 Å². The van der Waals surface area contributed by atoms with Gasteiger partial charge in [0.15, 0.2) is 0 Å². The van der Waals surface area contributed by atoms with Crippen molar-refractivity contribution in [2.45, 2.75) is 58.5 Å². The lowest BCUT2D eigenvalue weighted by Crippen LogP contribution is -2.42. The van der Waals surface area contributed by atoms with Gasteiger partial charge in [-0.2, -0.15) is 0 Å². The van der Waals surface area contributed by atoms with Crippen molar-refractivity contribution in [1.29, 1.82) is 0 Å². The predicted molar refractivity (Wildman–Crippen MR) is 89.5 cm³/mol. The van der Waals surface area contributed by atoms with Crippen molar-refractivity contribution >= 4 is 0 Å². The van der Waals surface area contributed by atoms with E-state index in [1.807, 2.05) is 0 Å². The molecule has 1 aliphatic heterocycles. The number of aryl methyl sites for hydroxylation is 1. The Morgan fingerprint density at radius 1 is 1.24 bits per heavy atom. The zero-order valence-corrected chi connectivity index (χ0v) is 13.7. The Kier molecular flexibility index (Phi) is 4.66. The summed E-state index contributed by atoms with van der Waals surface area (Å²) < 4.78 is 0. The molecule has 1 N–H and O–H groups in total. The molecule has 1 aromatic rings. The van der Waals surface area contributed by atoms with Crippen molar-refractivity contribution in [3.05, 3.63) is 35.4 Å². The van der Waals surface area contributed by atoms with Crippen LogP contribution in [0.25, 0.3) is 0 Å². The van der Waals surface area contributed by atoms with Crippen LogP contribution in [-0.2, 0) is 13.0 Å². The number of nitrogens with one attached hydrogen (secondary N) is 1. The molecule has 0 amide bonds. The van der Waals surface area contributed by atoms with Crippen LogP contribution in [0, 0.1) is 5.41 Å². The van der Waals surface area contributed by atoms with E-state index in [9.17, 15) is 0 Å². The summed E-state index contributed by atoms with van der Waals surface area (Å²) in [5, 5.41) is 3.75. The highest BCUT2D eigenvalue weighted by Crippen LogP contribution is 2.27. The minimum absolute atomic E-state index is 0.405. The number of benzene rings is 1. The number of nitrogens with zero attached hydrogens (tertiary/aromatic N) is 1. The van der Waals surface area contributed by atoms with Gasteiger partial charge >= 0.3 is 0 Å². The fourth-order valence-corrected chi connectivity index (χ4v) is 3.41. The molecule has 2 nitrogen and oxygen atoms in total. The fraction of sp³-hybridized carbons (Fsp3) is 0.684. The molecule has 116 valence electrons. The Morgan fingerprint density at radius 2 is 2.00 bits per heavy atom. The van der Waals surface area contributed by atoms with Crippen LogP contribution >= 0.6 is 0 Å². The lowest BCUT2D eigenvalue weighted by atomic mass is 9.86. The quantitative estimate of drug-likeness (QED) is 0.859. The van der Waals surface area contributed by atoms with Crippen LogP contribution < -0.4 is 5.32 Å². The van der Waals surface area contributed by atoms with Gasteiger partial charge in [-0.15, -0.1) is 0 Å². The number of fused-ring (bicyclic) bond motifs is 1. The van der Waals surface area contributed by atoms with Gasteiger partial charge in [0.25, 0.3) is 0 Å². The maximum absolute atomic E-state index is 3.75. The summed E-state index contributed by atoms with van der Waals surface area (Å²) in [7, 11) is 0. The van der Waals surface area contributed by atoms with Gasteiger partial charge in [0, 0.05) is 25.7 Å². The van der Waals surface area contributed by atoms with E-state index in [1.54, 1.807) is 11.1 Å². The second kappa shape index (κ2) is 6.50.